The second-order valence-electron chi connectivity index (χ2n) is 17.6. The molecule has 13 rings (SSSR count). The molecule has 0 fully saturated rings. The van der Waals surface area contributed by atoms with E-state index in [4.69, 9.17) is 19.4 Å². The summed E-state index contributed by atoms with van der Waals surface area (Å²) in [6.07, 6.45) is 0. The molecule has 3 heterocycles. The summed E-state index contributed by atoms with van der Waals surface area (Å²) in [6, 6.07) is 73.1. The van der Waals surface area contributed by atoms with Gasteiger partial charge >= 0.3 is 0 Å². The quantitative estimate of drug-likeness (QED) is 0.167. The van der Waals surface area contributed by atoms with Crippen LogP contribution in [0, 0.1) is 0 Å². The Labute approximate surface area is 376 Å². The molecule has 0 amide bonds. The first-order chi connectivity index (χ1) is 32.0. The van der Waals surface area contributed by atoms with Crippen LogP contribution >= 0.6 is 0 Å². The maximum atomic E-state index is 6.41. The molecule has 9 aromatic carbocycles. The van der Waals surface area contributed by atoms with Gasteiger partial charge in [0.05, 0.1) is 11.0 Å². The van der Waals surface area contributed by atoms with Crippen LogP contribution in [0.2, 0.25) is 0 Å². The monoisotopic (exact) mass is 832 g/mol. The summed E-state index contributed by atoms with van der Waals surface area (Å²) in [7, 11) is 0. The van der Waals surface area contributed by atoms with Crippen molar-refractivity contribution in [3.8, 4) is 73.2 Å². The van der Waals surface area contributed by atoms with Crippen LogP contribution in [0.4, 0.5) is 0 Å². The average Bonchev–Trinajstić information content (AvgIpc) is 3.99. The van der Waals surface area contributed by atoms with Gasteiger partial charge in [0.1, 0.15) is 11.2 Å². The van der Waals surface area contributed by atoms with Gasteiger partial charge in [-0.25, -0.2) is 15.0 Å². The van der Waals surface area contributed by atoms with Gasteiger partial charge in [-0.15, -0.1) is 0 Å². The van der Waals surface area contributed by atoms with Crippen molar-refractivity contribution in [2.24, 2.45) is 0 Å². The summed E-state index contributed by atoms with van der Waals surface area (Å²) in [5.41, 5.74) is 17.3. The zero-order valence-corrected chi connectivity index (χ0v) is 35.8. The van der Waals surface area contributed by atoms with Crippen molar-refractivity contribution < 1.29 is 4.42 Å². The number of rotatable bonds is 6. The Morgan fingerprint density at radius 3 is 1.74 bits per heavy atom. The number of para-hydroxylation sites is 3. The van der Waals surface area contributed by atoms with Crippen molar-refractivity contribution in [3.05, 3.63) is 217 Å². The SMILES string of the molecule is CC1(C)c2ccccc2-c2cc3c4ccccc4n(-c4cc(-c5ccccc5)cc(-c5nc(-c6ccccc6)nc(-c6ccc(-c7cccc8c7oc7ccccc78)cc6)n5)c4)c3cc21. The fourth-order valence-corrected chi connectivity index (χ4v) is 10.2. The third kappa shape index (κ3) is 5.89. The van der Waals surface area contributed by atoms with Gasteiger partial charge in [-0.05, 0) is 81.4 Å². The van der Waals surface area contributed by atoms with E-state index in [-0.39, 0.29) is 5.41 Å². The molecule has 0 aliphatic heterocycles. The van der Waals surface area contributed by atoms with Crippen LogP contribution in [0.1, 0.15) is 25.0 Å². The molecule has 0 radical (unpaired) electrons. The highest BCUT2D eigenvalue weighted by Crippen LogP contribution is 2.51. The zero-order valence-electron chi connectivity index (χ0n) is 35.8. The van der Waals surface area contributed by atoms with Gasteiger partial charge in [0.2, 0.25) is 0 Å². The summed E-state index contributed by atoms with van der Waals surface area (Å²) in [5, 5.41) is 4.66. The van der Waals surface area contributed by atoms with Gasteiger partial charge in [-0.2, -0.15) is 0 Å². The molecule has 0 saturated heterocycles. The zero-order chi connectivity index (χ0) is 43.2. The molecule has 12 aromatic rings. The number of nitrogens with zero attached hydrogens (tertiary/aromatic N) is 4. The number of furan rings is 1. The Kier molecular flexibility index (Phi) is 8.18. The van der Waals surface area contributed by atoms with E-state index < -0.39 is 0 Å². The van der Waals surface area contributed by atoms with Gasteiger partial charge in [0.25, 0.3) is 0 Å². The van der Waals surface area contributed by atoms with E-state index >= 15 is 0 Å². The van der Waals surface area contributed by atoms with Crippen molar-refractivity contribution in [1.29, 1.82) is 0 Å². The fourth-order valence-electron chi connectivity index (χ4n) is 10.2. The number of hydrogen-bond donors (Lipinski definition) is 0. The predicted octanol–water partition coefficient (Wildman–Crippen LogP) is 15.5. The van der Waals surface area contributed by atoms with Crippen LogP contribution in [-0.2, 0) is 5.41 Å². The summed E-state index contributed by atoms with van der Waals surface area (Å²) < 4.78 is 8.85. The standard InChI is InChI=1S/C60H40N4O/c1-60(2)51-25-12-9-20-45(51)49-35-50-46-21-10-13-26-53(46)64(54(50)36-52(49)60)43-33-41(37-16-5-3-6-17-37)32-42(34-43)59-62-57(39-18-7-4-8-19-39)61-58(63-59)40-30-28-38(29-31-40)44-23-15-24-48-47-22-11-14-27-55(47)65-56(44)48/h3-36H,1-2H3. The predicted molar refractivity (Wildman–Crippen MR) is 266 cm³/mol. The van der Waals surface area contributed by atoms with E-state index in [0.717, 1.165) is 72.1 Å². The summed E-state index contributed by atoms with van der Waals surface area (Å²) >= 11 is 0. The lowest BCUT2D eigenvalue weighted by Crippen LogP contribution is -2.15. The molecule has 0 atom stereocenters. The fraction of sp³-hybridized carbons (Fsp3) is 0.0500. The first kappa shape index (κ1) is 37.2. The molecule has 5 heteroatoms. The van der Waals surface area contributed by atoms with Crippen LogP contribution in [0.15, 0.2) is 211 Å². The Bertz CT molecular complexity index is 3840. The Balaban J connectivity index is 1.00. The Hall–Kier alpha value is -8.41. The minimum atomic E-state index is -0.146. The molecule has 0 bridgehead atoms. The van der Waals surface area contributed by atoms with Crippen molar-refractivity contribution in [2.45, 2.75) is 19.3 Å². The molecule has 3 aromatic heterocycles. The average molecular weight is 833 g/mol. The second kappa shape index (κ2) is 14.3. The molecule has 1 aliphatic carbocycles. The molecular formula is C60H40N4O. The van der Waals surface area contributed by atoms with Gasteiger partial charge in [0.15, 0.2) is 17.5 Å². The molecule has 306 valence electrons. The van der Waals surface area contributed by atoms with Crippen LogP contribution in [-0.4, -0.2) is 19.5 Å². The van der Waals surface area contributed by atoms with Crippen LogP contribution in [0.25, 0.3) is 117 Å². The Morgan fingerprint density at radius 1 is 0.369 bits per heavy atom. The first-order valence-electron chi connectivity index (χ1n) is 22.2. The van der Waals surface area contributed by atoms with E-state index in [1.165, 1.54) is 38.5 Å². The topological polar surface area (TPSA) is 56.7 Å². The van der Waals surface area contributed by atoms with Crippen LogP contribution in [0.5, 0.6) is 0 Å². The van der Waals surface area contributed by atoms with Gasteiger partial charge in [-0.1, -0.05) is 178 Å². The highest BCUT2D eigenvalue weighted by molar-refractivity contribution is 6.12. The lowest BCUT2D eigenvalue weighted by atomic mass is 9.82. The van der Waals surface area contributed by atoms with Crippen molar-refractivity contribution in [1.82, 2.24) is 19.5 Å². The van der Waals surface area contributed by atoms with E-state index in [9.17, 15) is 0 Å². The maximum Gasteiger partial charge on any atom is 0.164 e. The molecule has 0 saturated carbocycles. The molecule has 5 nitrogen and oxygen atoms in total. The lowest BCUT2D eigenvalue weighted by molar-refractivity contribution is 0.661. The molecule has 1 aliphatic rings. The van der Waals surface area contributed by atoms with Crippen molar-refractivity contribution >= 4 is 43.7 Å². The smallest absolute Gasteiger partial charge is 0.164 e. The van der Waals surface area contributed by atoms with Gasteiger partial charge < -0.3 is 8.98 Å². The van der Waals surface area contributed by atoms with Crippen LogP contribution < -0.4 is 0 Å². The third-order valence-electron chi connectivity index (χ3n) is 13.4. The normalized spacial score (nSPS) is 12.9. The molecule has 0 unspecified atom stereocenters. The number of benzene rings is 9. The van der Waals surface area contributed by atoms with Crippen molar-refractivity contribution in [3.63, 3.8) is 0 Å². The van der Waals surface area contributed by atoms with Gasteiger partial charge in [0, 0.05) is 54.9 Å². The van der Waals surface area contributed by atoms with Crippen LogP contribution in [0.3, 0.4) is 0 Å². The Morgan fingerprint density at radius 2 is 0.954 bits per heavy atom. The summed E-state index contributed by atoms with van der Waals surface area (Å²) in [6.45, 7) is 4.70. The number of fused-ring (bicyclic) bond motifs is 9. The van der Waals surface area contributed by atoms with E-state index in [2.05, 4.69) is 194 Å². The number of hydrogen-bond acceptors (Lipinski definition) is 4. The molecular weight excluding hydrogens is 793 g/mol. The second-order valence-corrected chi connectivity index (χ2v) is 17.6. The van der Waals surface area contributed by atoms with Gasteiger partial charge in [-0.3, -0.25) is 0 Å². The highest BCUT2D eigenvalue weighted by Gasteiger charge is 2.36. The minimum absolute atomic E-state index is 0.146. The highest BCUT2D eigenvalue weighted by atomic mass is 16.3. The molecule has 0 spiro atoms. The maximum absolute atomic E-state index is 6.41. The third-order valence-corrected chi connectivity index (χ3v) is 13.4. The largest absolute Gasteiger partial charge is 0.455 e. The lowest BCUT2D eigenvalue weighted by Gasteiger charge is -2.22. The first-order valence-corrected chi connectivity index (χ1v) is 22.2. The van der Waals surface area contributed by atoms with E-state index in [1.807, 2.05) is 30.3 Å². The summed E-state index contributed by atoms with van der Waals surface area (Å²) in [4.78, 5) is 15.7. The summed E-state index contributed by atoms with van der Waals surface area (Å²) in [5.74, 6) is 1.81. The van der Waals surface area contributed by atoms with E-state index in [1.54, 1.807) is 0 Å². The molecule has 65 heavy (non-hydrogen) atoms. The number of aromatic nitrogens is 4. The molecule has 0 N–H and O–H groups in total. The van der Waals surface area contributed by atoms with E-state index in [0.29, 0.717) is 17.5 Å². The minimum Gasteiger partial charge on any atom is -0.455 e. The van der Waals surface area contributed by atoms with Crippen molar-refractivity contribution in [2.75, 3.05) is 0 Å².